The monoisotopic (exact) mass is 525 g/mol. The third kappa shape index (κ3) is 4.50. The number of rotatable bonds is 8. The van der Waals surface area contributed by atoms with E-state index in [0.29, 0.717) is 24.1 Å². The van der Waals surface area contributed by atoms with Crippen LogP contribution < -0.4 is 10.6 Å². The Labute approximate surface area is 224 Å². The summed E-state index contributed by atoms with van der Waals surface area (Å²) in [6.07, 6.45) is 10.1. The lowest BCUT2D eigenvalue weighted by Crippen LogP contribution is -2.58. The van der Waals surface area contributed by atoms with Crippen LogP contribution in [0, 0.1) is 23.7 Å². The number of carbonyl (C=O) groups is 3. The normalized spacial score (nSPS) is 36.1. The predicted molar refractivity (Wildman–Crippen MR) is 145 cm³/mol. The number of ether oxygens (including phenoxy) is 1. The van der Waals surface area contributed by atoms with Gasteiger partial charge in [-0.25, -0.2) is 0 Å². The first kappa shape index (κ1) is 26.3. The molecule has 1 spiro atoms. The second kappa shape index (κ2) is 10.4. The van der Waals surface area contributed by atoms with E-state index in [0.717, 1.165) is 30.6 Å². The summed E-state index contributed by atoms with van der Waals surface area (Å²) in [5, 5.41) is 6.32. The van der Waals surface area contributed by atoms with Gasteiger partial charge in [0.2, 0.25) is 17.7 Å². The fraction of sp³-hybridized carbons (Fsp3) is 0.621. The highest BCUT2D eigenvalue weighted by molar-refractivity contribution is 7.98. The first-order valence-corrected chi connectivity index (χ1v) is 15.0. The van der Waals surface area contributed by atoms with Crippen molar-refractivity contribution in [1.29, 1.82) is 0 Å². The minimum Gasteiger partial charge on any atom is -0.359 e. The van der Waals surface area contributed by atoms with E-state index in [1.54, 1.807) is 16.7 Å². The summed E-state index contributed by atoms with van der Waals surface area (Å²) in [6, 6.07) is 6.99. The maximum absolute atomic E-state index is 13.9. The molecule has 2 bridgehead atoms. The summed E-state index contributed by atoms with van der Waals surface area (Å²) in [4.78, 5) is 44.2. The molecule has 3 fully saturated rings. The Morgan fingerprint density at radius 3 is 2.78 bits per heavy atom. The number of unbranched alkanes of at least 4 members (excludes halogenated alkanes) is 1. The molecule has 4 aliphatic rings. The average molecular weight is 526 g/mol. The largest absolute Gasteiger partial charge is 0.359 e. The van der Waals surface area contributed by atoms with Gasteiger partial charge in [0, 0.05) is 23.2 Å². The molecule has 2 saturated heterocycles. The van der Waals surface area contributed by atoms with Gasteiger partial charge in [-0.2, -0.15) is 0 Å². The number of nitrogens with one attached hydrogen (secondary N) is 2. The molecule has 3 amide bonds. The van der Waals surface area contributed by atoms with Crippen LogP contribution >= 0.6 is 11.8 Å². The van der Waals surface area contributed by atoms with Crippen molar-refractivity contribution < 1.29 is 19.1 Å². The number of hydrogen-bond donors (Lipinski definition) is 2. The number of amides is 3. The Hall–Kier alpha value is -2.32. The fourth-order valence-corrected chi connectivity index (χ4v) is 7.27. The van der Waals surface area contributed by atoms with E-state index in [9.17, 15) is 14.4 Å². The van der Waals surface area contributed by atoms with Gasteiger partial charge >= 0.3 is 0 Å². The number of fused-ring (bicyclic) bond motifs is 1. The minimum absolute atomic E-state index is 0.0835. The highest BCUT2D eigenvalue weighted by atomic mass is 32.2. The van der Waals surface area contributed by atoms with E-state index in [1.807, 2.05) is 42.7 Å². The highest BCUT2D eigenvalue weighted by Crippen LogP contribution is 2.55. The van der Waals surface area contributed by atoms with Crippen LogP contribution in [-0.4, -0.2) is 59.2 Å². The molecule has 200 valence electrons. The first-order valence-electron chi connectivity index (χ1n) is 13.7. The van der Waals surface area contributed by atoms with Crippen molar-refractivity contribution in [1.82, 2.24) is 10.2 Å². The van der Waals surface area contributed by atoms with Crippen LogP contribution in [0.2, 0.25) is 0 Å². The average Bonchev–Trinajstić information content (AvgIpc) is 3.53. The number of thioether (sulfide) groups is 1. The van der Waals surface area contributed by atoms with Crippen molar-refractivity contribution in [3.63, 3.8) is 0 Å². The maximum atomic E-state index is 13.9. The Balaban J connectivity index is 1.42. The summed E-state index contributed by atoms with van der Waals surface area (Å²) in [7, 11) is 0. The van der Waals surface area contributed by atoms with Gasteiger partial charge in [-0.3, -0.25) is 14.4 Å². The van der Waals surface area contributed by atoms with E-state index < -0.39 is 29.6 Å². The van der Waals surface area contributed by atoms with Gasteiger partial charge in [-0.1, -0.05) is 58.3 Å². The van der Waals surface area contributed by atoms with Crippen molar-refractivity contribution >= 4 is 35.2 Å². The molecule has 7 nitrogen and oxygen atoms in total. The number of likely N-dealkylation sites (tertiary alicyclic amines) is 1. The van der Waals surface area contributed by atoms with Gasteiger partial charge in [0.1, 0.15) is 11.6 Å². The topological polar surface area (TPSA) is 87.7 Å². The molecule has 1 aliphatic carbocycles. The molecule has 1 saturated carbocycles. The quantitative estimate of drug-likeness (QED) is 0.392. The lowest BCUT2D eigenvalue weighted by atomic mass is 9.73. The molecular formula is C29H39N3O4S. The third-order valence-corrected chi connectivity index (χ3v) is 9.77. The van der Waals surface area contributed by atoms with E-state index in [-0.39, 0.29) is 23.8 Å². The van der Waals surface area contributed by atoms with Gasteiger partial charge in [0.25, 0.3) is 0 Å². The van der Waals surface area contributed by atoms with Crippen molar-refractivity contribution in [3.8, 4) is 0 Å². The molecule has 3 heterocycles. The van der Waals surface area contributed by atoms with Crippen molar-refractivity contribution in [3.05, 3.63) is 36.4 Å². The molecule has 2 N–H and O–H groups in total. The van der Waals surface area contributed by atoms with Crippen LogP contribution in [0.1, 0.15) is 52.9 Å². The predicted octanol–water partition coefficient (Wildman–Crippen LogP) is 4.24. The highest BCUT2D eigenvalue weighted by Gasteiger charge is 2.72. The second-order valence-corrected chi connectivity index (χ2v) is 12.1. The molecule has 37 heavy (non-hydrogen) atoms. The van der Waals surface area contributed by atoms with Crippen LogP contribution in [0.3, 0.4) is 0 Å². The zero-order valence-electron chi connectivity index (χ0n) is 22.2. The molecule has 8 heteroatoms. The summed E-state index contributed by atoms with van der Waals surface area (Å²) >= 11 is 1.60. The summed E-state index contributed by atoms with van der Waals surface area (Å²) in [5.74, 6) is -1.01. The van der Waals surface area contributed by atoms with Crippen molar-refractivity contribution in [2.45, 2.75) is 81.6 Å². The lowest BCUT2D eigenvalue weighted by Gasteiger charge is -2.38. The van der Waals surface area contributed by atoms with E-state index in [1.165, 1.54) is 6.42 Å². The number of nitrogens with zero attached hydrogens (tertiary/aromatic N) is 1. The Morgan fingerprint density at radius 2 is 2.03 bits per heavy atom. The zero-order valence-corrected chi connectivity index (χ0v) is 23.1. The maximum Gasteiger partial charge on any atom is 0.246 e. The van der Waals surface area contributed by atoms with E-state index in [2.05, 4.69) is 31.4 Å². The number of benzene rings is 1. The molecule has 3 aliphatic heterocycles. The third-order valence-electron chi connectivity index (χ3n) is 9.05. The number of carbonyl (C=O) groups excluding carboxylic acids is 3. The van der Waals surface area contributed by atoms with Gasteiger partial charge in [-0.05, 0) is 49.1 Å². The van der Waals surface area contributed by atoms with Crippen LogP contribution in [0.15, 0.2) is 41.3 Å². The standard InChI is InChI=1S/C29H39N3O4S/c1-5-6-15-32-25(27(34)31-21-12-7-9-17(2)18(21)3)29-14-13-22(36-29)23(24(29)28(32)35)26(33)30-19-10-8-11-20(16-19)37-4/h8,10-11,13-14,16-18,21-25H,5-7,9,12,15H2,1-4H3,(H,30,33)(H,31,34)/t17-,18-,21-,22+,23-,24+,25+,29+/m1/s1. The molecular weight excluding hydrogens is 486 g/mol. The van der Waals surface area contributed by atoms with Crippen LogP contribution in [0.4, 0.5) is 5.69 Å². The van der Waals surface area contributed by atoms with Crippen molar-refractivity contribution in [2.75, 3.05) is 18.1 Å². The first-order chi connectivity index (χ1) is 17.8. The Bertz CT molecular complexity index is 1090. The molecule has 1 aromatic carbocycles. The molecule has 0 radical (unpaired) electrons. The SMILES string of the molecule is CCCCN1C(=O)[C@@H]2[C@H](C(=O)Nc3cccc(SC)c3)[C@@H]3C=C[C@@]2(O3)[C@@H]1C(=O)N[C@@H]1CCC[C@@H](C)[C@H]1C. The summed E-state index contributed by atoms with van der Waals surface area (Å²) < 4.78 is 6.45. The minimum atomic E-state index is -1.10. The number of hydrogen-bond acceptors (Lipinski definition) is 5. The Kier molecular flexibility index (Phi) is 7.42. The Morgan fingerprint density at radius 1 is 1.22 bits per heavy atom. The van der Waals surface area contributed by atoms with Crippen LogP contribution in [0.5, 0.6) is 0 Å². The molecule has 0 aromatic heterocycles. The lowest BCUT2D eigenvalue weighted by molar-refractivity contribution is -0.141. The van der Waals surface area contributed by atoms with Gasteiger partial charge in [-0.15, -0.1) is 11.8 Å². The zero-order chi connectivity index (χ0) is 26.3. The second-order valence-electron chi connectivity index (χ2n) is 11.2. The van der Waals surface area contributed by atoms with Gasteiger partial charge in [0.15, 0.2) is 0 Å². The fourth-order valence-electron chi connectivity index (χ4n) is 6.81. The van der Waals surface area contributed by atoms with E-state index in [4.69, 9.17) is 4.74 Å². The molecule has 0 unspecified atom stereocenters. The molecule has 8 atom stereocenters. The number of anilines is 1. The smallest absolute Gasteiger partial charge is 0.246 e. The van der Waals surface area contributed by atoms with Crippen molar-refractivity contribution in [2.24, 2.45) is 23.7 Å². The molecule has 5 rings (SSSR count). The molecule has 1 aromatic rings. The van der Waals surface area contributed by atoms with Crippen LogP contribution in [-0.2, 0) is 19.1 Å². The van der Waals surface area contributed by atoms with Crippen LogP contribution in [0.25, 0.3) is 0 Å². The summed E-state index contributed by atoms with van der Waals surface area (Å²) in [6.45, 7) is 7.00. The van der Waals surface area contributed by atoms with Gasteiger partial charge in [0.05, 0.1) is 17.9 Å². The van der Waals surface area contributed by atoms with Gasteiger partial charge < -0.3 is 20.3 Å². The summed E-state index contributed by atoms with van der Waals surface area (Å²) in [5.41, 5.74) is -0.410. The van der Waals surface area contributed by atoms with E-state index >= 15 is 0 Å².